The zero-order valence-corrected chi connectivity index (χ0v) is 19.8. The van der Waals surface area contributed by atoms with E-state index in [-0.39, 0.29) is 18.1 Å². The number of nitrogens with one attached hydrogen (secondary N) is 1. The average molecular weight is 488 g/mol. The summed E-state index contributed by atoms with van der Waals surface area (Å²) in [5.41, 5.74) is 0.799. The number of thiophene rings is 1. The van der Waals surface area contributed by atoms with Crippen molar-refractivity contribution in [3.63, 3.8) is 0 Å². The van der Waals surface area contributed by atoms with E-state index in [1.54, 1.807) is 13.2 Å². The average Bonchev–Trinajstić information content (AvgIpc) is 3.33. The van der Waals surface area contributed by atoms with Gasteiger partial charge in [0.2, 0.25) is 5.91 Å². The first-order valence-corrected chi connectivity index (χ1v) is 12.2. The van der Waals surface area contributed by atoms with Gasteiger partial charge in [-0.15, -0.1) is 11.8 Å². The minimum absolute atomic E-state index is 0.134. The second-order valence-electron chi connectivity index (χ2n) is 7.34. The van der Waals surface area contributed by atoms with Crippen LogP contribution >= 0.6 is 34.7 Å². The highest BCUT2D eigenvalue weighted by atomic mass is 35.5. The molecule has 1 fully saturated rings. The summed E-state index contributed by atoms with van der Waals surface area (Å²) in [6.07, 6.45) is 0.154. The third-order valence-corrected chi connectivity index (χ3v) is 7.75. The number of benzene rings is 2. The SMILES string of the molecule is COCCOc1ccc(C2(c3ccsc3)CC(=O)C(Sc3ccccc3Cl)C(=O)N2)cc1. The number of carbonyl (C=O) groups excluding carboxylic acids is 2. The standard InChI is InChI=1S/C24H22ClNO4S2/c1-29-11-12-30-18-8-6-16(7-9-18)24(17-10-13-31-15-17)14-20(27)22(23(28)26-24)32-21-5-3-2-4-19(21)25/h2-10,13,15,22H,11-12,14H2,1H3,(H,26,28). The number of Topliss-reactive ketones (excluding diaryl/α,β-unsaturated/α-hetero) is 1. The molecule has 2 aromatic carbocycles. The molecule has 1 amide bonds. The molecule has 1 aromatic heterocycles. The number of rotatable bonds is 8. The van der Waals surface area contributed by atoms with Crippen LogP contribution in [0.15, 0.2) is 70.3 Å². The molecule has 2 heterocycles. The highest BCUT2D eigenvalue weighted by molar-refractivity contribution is 8.01. The maximum atomic E-state index is 13.3. The van der Waals surface area contributed by atoms with Crippen molar-refractivity contribution in [2.75, 3.05) is 20.3 Å². The van der Waals surface area contributed by atoms with Gasteiger partial charge in [-0.25, -0.2) is 0 Å². The lowest BCUT2D eigenvalue weighted by atomic mass is 9.77. The third-order valence-electron chi connectivity index (χ3n) is 5.31. The van der Waals surface area contributed by atoms with Crippen molar-refractivity contribution >= 4 is 46.4 Å². The summed E-state index contributed by atoms with van der Waals surface area (Å²) in [7, 11) is 1.62. The predicted molar refractivity (Wildman–Crippen MR) is 128 cm³/mol. The number of halogens is 1. The van der Waals surface area contributed by atoms with E-state index >= 15 is 0 Å². The molecule has 3 aromatic rings. The van der Waals surface area contributed by atoms with Gasteiger partial charge < -0.3 is 14.8 Å². The van der Waals surface area contributed by atoms with Crippen LogP contribution in [0.4, 0.5) is 0 Å². The second kappa shape index (κ2) is 10.1. The lowest BCUT2D eigenvalue weighted by Crippen LogP contribution is -2.57. The van der Waals surface area contributed by atoms with Crippen molar-refractivity contribution < 1.29 is 19.1 Å². The molecule has 0 aliphatic carbocycles. The van der Waals surface area contributed by atoms with Crippen LogP contribution in [0.5, 0.6) is 5.75 Å². The minimum Gasteiger partial charge on any atom is -0.491 e. The van der Waals surface area contributed by atoms with Gasteiger partial charge in [-0.1, -0.05) is 35.9 Å². The van der Waals surface area contributed by atoms with E-state index < -0.39 is 10.8 Å². The molecule has 32 heavy (non-hydrogen) atoms. The van der Waals surface area contributed by atoms with Crippen LogP contribution in [0.25, 0.3) is 0 Å². The molecule has 5 nitrogen and oxygen atoms in total. The van der Waals surface area contributed by atoms with E-state index in [4.69, 9.17) is 21.1 Å². The maximum absolute atomic E-state index is 13.3. The topological polar surface area (TPSA) is 64.6 Å². The zero-order valence-electron chi connectivity index (χ0n) is 17.4. The van der Waals surface area contributed by atoms with E-state index in [0.717, 1.165) is 11.1 Å². The number of hydrogen-bond acceptors (Lipinski definition) is 6. The summed E-state index contributed by atoms with van der Waals surface area (Å²) in [6, 6.07) is 16.7. The molecule has 4 rings (SSSR count). The van der Waals surface area contributed by atoms with Gasteiger partial charge in [-0.05, 0) is 52.2 Å². The first kappa shape index (κ1) is 22.9. The Morgan fingerprint density at radius 2 is 1.88 bits per heavy atom. The summed E-state index contributed by atoms with van der Waals surface area (Å²) in [4.78, 5) is 27.2. The quantitative estimate of drug-likeness (QED) is 0.361. The normalized spacial score (nSPS) is 20.8. The highest BCUT2D eigenvalue weighted by Crippen LogP contribution is 2.41. The van der Waals surface area contributed by atoms with Crippen molar-refractivity contribution in [3.05, 3.63) is 81.5 Å². The van der Waals surface area contributed by atoms with Crippen LogP contribution < -0.4 is 10.1 Å². The van der Waals surface area contributed by atoms with Gasteiger partial charge in [0.1, 0.15) is 17.6 Å². The molecule has 1 aliphatic heterocycles. The Morgan fingerprint density at radius 1 is 1.09 bits per heavy atom. The van der Waals surface area contributed by atoms with Crippen molar-refractivity contribution in [3.8, 4) is 5.75 Å². The van der Waals surface area contributed by atoms with Crippen LogP contribution in [0.3, 0.4) is 0 Å². The van der Waals surface area contributed by atoms with Crippen LogP contribution in [0.1, 0.15) is 17.5 Å². The molecule has 0 radical (unpaired) electrons. The number of thioether (sulfide) groups is 1. The van der Waals surface area contributed by atoms with Gasteiger partial charge in [0.05, 0.1) is 17.2 Å². The molecular formula is C24H22ClNO4S2. The Bertz CT molecular complexity index is 1070. The monoisotopic (exact) mass is 487 g/mol. The van der Waals surface area contributed by atoms with Crippen LogP contribution in [-0.4, -0.2) is 37.3 Å². The van der Waals surface area contributed by atoms with Crippen LogP contribution in [-0.2, 0) is 19.9 Å². The molecule has 8 heteroatoms. The molecule has 0 saturated carbocycles. The zero-order chi connectivity index (χ0) is 22.6. The Morgan fingerprint density at radius 3 is 2.53 bits per heavy atom. The van der Waals surface area contributed by atoms with E-state index in [1.807, 2.05) is 59.3 Å². The van der Waals surface area contributed by atoms with Crippen LogP contribution in [0.2, 0.25) is 5.02 Å². The molecular weight excluding hydrogens is 466 g/mol. The van der Waals surface area contributed by atoms with Crippen molar-refractivity contribution in [1.29, 1.82) is 0 Å². The Hall–Kier alpha value is -2.32. The van der Waals surface area contributed by atoms with Gasteiger partial charge in [0, 0.05) is 18.4 Å². The third kappa shape index (κ3) is 4.71. The van der Waals surface area contributed by atoms with Gasteiger partial charge in [-0.2, -0.15) is 11.3 Å². The number of piperidine rings is 1. The molecule has 0 spiro atoms. The summed E-state index contributed by atoms with van der Waals surface area (Å²) in [5.74, 6) is 0.245. The van der Waals surface area contributed by atoms with E-state index in [0.29, 0.717) is 28.9 Å². The van der Waals surface area contributed by atoms with Gasteiger partial charge in [0.15, 0.2) is 5.78 Å². The summed E-state index contributed by atoms with van der Waals surface area (Å²) in [6.45, 7) is 0.942. The lowest BCUT2D eigenvalue weighted by molar-refractivity contribution is -0.132. The van der Waals surface area contributed by atoms with Gasteiger partial charge >= 0.3 is 0 Å². The van der Waals surface area contributed by atoms with E-state index in [2.05, 4.69) is 5.32 Å². The van der Waals surface area contributed by atoms with E-state index in [1.165, 1.54) is 23.1 Å². The molecule has 2 atom stereocenters. The predicted octanol–water partition coefficient (Wildman–Crippen LogP) is 4.92. The Labute approximate surface area is 200 Å². The van der Waals surface area contributed by atoms with Crippen molar-refractivity contribution in [2.45, 2.75) is 22.1 Å². The smallest absolute Gasteiger partial charge is 0.242 e. The molecule has 1 N–H and O–H groups in total. The first-order valence-electron chi connectivity index (χ1n) is 10.0. The second-order valence-corrected chi connectivity index (χ2v) is 9.68. The fraction of sp³-hybridized carbons (Fsp3) is 0.250. The summed E-state index contributed by atoms with van der Waals surface area (Å²) >= 11 is 8.97. The minimum atomic E-state index is -0.920. The van der Waals surface area contributed by atoms with Crippen molar-refractivity contribution in [1.82, 2.24) is 5.32 Å². The molecule has 2 unspecified atom stereocenters. The first-order chi connectivity index (χ1) is 15.5. The number of hydrogen-bond donors (Lipinski definition) is 1. The maximum Gasteiger partial charge on any atom is 0.242 e. The fourth-order valence-electron chi connectivity index (χ4n) is 3.71. The molecule has 0 bridgehead atoms. The number of carbonyl (C=O) groups is 2. The number of amides is 1. The molecule has 1 aliphatic rings. The number of ether oxygens (including phenoxy) is 2. The van der Waals surface area contributed by atoms with Gasteiger partial charge in [0.25, 0.3) is 0 Å². The van der Waals surface area contributed by atoms with Crippen molar-refractivity contribution in [2.24, 2.45) is 0 Å². The summed E-state index contributed by atoms with van der Waals surface area (Å²) < 4.78 is 10.7. The Balaban J connectivity index is 1.62. The number of ketones is 1. The lowest BCUT2D eigenvalue weighted by Gasteiger charge is -2.40. The highest BCUT2D eigenvalue weighted by Gasteiger charge is 2.47. The largest absolute Gasteiger partial charge is 0.491 e. The van der Waals surface area contributed by atoms with E-state index in [9.17, 15) is 9.59 Å². The molecule has 166 valence electrons. The Kier molecular flexibility index (Phi) is 7.20. The van der Waals surface area contributed by atoms with Crippen LogP contribution in [0, 0.1) is 0 Å². The van der Waals surface area contributed by atoms with Gasteiger partial charge in [-0.3, -0.25) is 9.59 Å². The summed E-state index contributed by atoms with van der Waals surface area (Å²) in [5, 5.41) is 6.75. The fourth-order valence-corrected chi connectivity index (χ4v) is 5.68. The number of methoxy groups -OCH3 is 1. The molecule has 1 saturated heterocycles.